The number of rotatable bonds is 12. The lowest BCUT2D eigenvalue weighted by Gasteiger charge is -2.08. The highest BCUT2D eigenvalue weighted by Gasteiger charge is 2.02. The Kier molecular flexibility index (Phi) is 10.5. The second kappa shape index (κ2) is 11.0. The Bertz CT molecular complexity index is 352. The van der Waals surface area contributed by atoms with Crippen LogP contribution in [0.25, 0.3) is 0 Å². The molecule has 0 aliphatic carbocycles. The first kappa shape index (κ1) is 18.1. The second-order valence-electron chi connectivity index (χ2n) is 4.56. The normalized spacial score (nSPS) is 11.2. The fourth-order valence-corrected chi connectivity index (χ4v) is 2.04. The summed E-state index contributed by atoms with van der Waals surface area (Å²) in [5.74, 6) is -0.725. The maximum Gasteiger partial charge on any atom is 0.220 e. The van der Waals surface area contributed by atoms with Crippen LogP contribution >= 0.6 is 0 Å². The highest BCUT2D eigenvalue weighted by Crippen LogP contribution is 2.08. The zero-order chi connectivity index (χ0) is 14.6. The Hall–Kier alpha value is -0.880. The van der Waals surface area contributed by atoms with Gasteiger partial charge in [-0.05, 0) is 19.3 Å². The van der Waals surface area contributed by atoms with Crippen LogP contribution in [0.5, 0.6) is 0 Å². The molecule has 0 atom stereocenters. The van der Waals surface area contributed by atoms with Crippen LogP contribution in [0.1, 0.15) is 51.4 Å². The molecular formula is C13H24NO4S-. The molecule has 0 aromatic carbocycles. The maximum atomic E-state index is 11.3. The summed E-state index contributed by atoms with van der Waals surface area (Å²) in [4.78, 5) is 11.3. The molecule has 0 bridgehead atoms. The van der Waals surface area contributed by atoms with Crippen molar-refractivity contribution in [2.75, 3.05) is 12.3 Å². The van der Waals surface area contributed by atoms with E-state index in [1.54, 1.807) is 0 Å². The van der Waals surface area contributed by atoms with E-state index in [9.17, 15) is 17.8 Å². The molecule has 0 spiro atoms. The molecule has 0 unspecified atom stereocenters. The number of amides is 1. The smallest absolute Gasteiger partial charge is 0.220 e. The van der Waals surface area contributed by atoms with Gasteiger partial charge in [0.15, 0.2) is 0 Å². The van der Waals surface area contributed by atoms with Gasteiger partial charge in [0, 0.05) is 13.0 Å². The third kappa shape index (κ3) is 15.1. The largest absolute Gasteiger partial charge is 0.748 e. The Morgan fingerprint density at radius 1 is 1.11 bits per heavy atom. The van der Waals surface area contributed by atoms with E-state index in [0.717, 1.165) is 25.7 Å². The van der Waals surface area contributed by atoms with E-state index >= 15 is 0 Å². The molecule has 19 heavy (non-hydrogen) atoms. The van der Waals surface area contributed by atoms with Crippen molar-refractivity contribution in [3.05, 3.63) is 12.7 Å². The Morgan fingerprint density at radius 3 is 2.26 bits per heavy atom. The molecule has 0 saturated heterocycles. The lowest BCUT2D eigenvalue weighted by Crippen LogP contribution is -2.28. The number of hydrogen-bond donors (Lipinski definition) is 1. The fraction of sp³-hybridized carbons (Fsp3) is 0.769. The van der Waals surface area contributed by atoms with Gasteiger partial charge in [0.25, 0.3) is 0 Å². The van der Waals surface area contributed by atoms with Gasteiger partial charge >= 0.3 is 0 Å². The number of carbonyl (C=O) groups excluding carboxylic acids is 1. The van der Waals surface area contributed by atoms with Crippen molar-refractivity contribution in [1.82, 2.24) is 5.32 Å². The lowest BCUT2D eigenvalue weighted by molar-refractivity contribution is -0.121. The van der Waals surface area contributed by atoms with Crippen molar-refractivity contribution < 1.29 is 17.8 Å². The molecule has 0 heterocycles. The maximum absolute atomic E-state index is 11.3. The van der Waals surface area contributed by atoms with Crippen LogP contribution in [0.3, 0.4) is 0 Å². The summed E-state index contributed by atoms with van der Waals surface area (Å²) < 4.78 is 30.9. The highest BCUT2D eigenvalue weighted by atomic mass is 32.2. The average Bonchev–Trinajstić information content (AvgIpc) is 2.31. The molecule has 0 aromatic heterocycles. The predicted octanol–water partition coefficient (Wildman–Crippen LogP) is 1.95. The highest BCUT2D eigenvalue weighted by molar-refractivity contribution is 7.85. The number of allylic oxidation sites excluding steroid dienone is 1. The van der Waals surface area contributed by atoms with Gasteiger partial charge in [-0.2, -0.15) is 0 Å². The van der Waals surface area contributed by atoms with Crippen LogP contribution in [-0.2, 0) is 14.9 Å². The van der Waals surface area contributed by atoms with Crippen LogP contribution in [0.15, 0.2) is 12.7 Å². The van der Waals surface area contributed by atoms with Gasteiger partial charge in [-0.15, -0.1) is 6.58 Å². The number of unbranched alkanes of at least 4 members (excludes halogenated alkanes) is 6. The third-order valence-corrected chi connectivity index (χ3v) is 3.44. The molecule has 1 N–H and O–H groups in total. The first-order chi connectivity index (χ1) is 8.95. The average molecular weight is 290 g/mol. The van der Waals surface area contributed by atoms with Crippen LogP contribution < -0.4 is 5.32 Å². The molecule has 6 heteroatoms. The number of carbonyl (C=O) groups is 1. The van der Waals surface area contributed by atoms with Gasteiger partial charge in [0.1, 0.15) is 0 Å². The van der Waals surface area contributed by atoms with E-state index in [0.29, 0.717) is 6.42 Å². The minimum absolute atomic E-state index is 0.0911. The Labute approximate surface area is 116 Å². The van der Waals surface area contributed by atoms with E-state index in [1.807, 2.05) is 6.08 Å². The quantitative estimate of drug-likeness (QED) is 0.338. The minimum atomic E-state index is -4.23. The molecule has 5 nitrogen and oxygen atoms in total. The standard InChI is InChI=1S/C13H25NO4S/c1-2-3-4-5-6-7-8-9-10-13(15)14-11-12-19(16,17)18/h2H,1,3-12H2,(H,14,15)(H,16,17,18)/p-1. The monoisotopic (exact) mass is 290 g/mol. The molecule has 0 saturated carbocycles. The van der Waals surface area contributed by atoms with Crippen LogP contribution in [0.2, 0.25) is 0 Å². The minimum Gasteiger partial charge on any atom is -0.748 e. The van der Waals surface area contributed by atoms with Crippen LogP contribution in [0.4, 0.5) is 0 Å². The molecule has 0 rings (SSSR count). The van der Waals surface area contributed by atoms with E-state index < -0.39 is 15.9 Å². The van der Waals surface area contributed by atoms with E-state index in [4.69, 9.17) is 0 Å². The molecule has 0 fully saturated rings. The van der Waals surface area contributed by atoms with Crippen molar-refractivity contribution in [2.24, 2.45) is 0 Å². The van der Waals surface area contributed by atoms with Gasteiger partial charge in [-0.25, -0.2) is 8.42 Å². The number of hydrogen-bond acceptors (Lipinski definition) is 4. The summed E-state index contributed by atoms with van der Waals surface area (Å²) in [5, 5.41) is 2.43. The second-order valence-corrected chi connectivity index (χ2v) is 6.08. The van der Waals surface area contributed by atoms with Crippen molar-refractivity contribution >= 4 is 16.0 Å². The summed E-state index contributed by atoms with van der Waals surface area (Å²) in [6.45, 7) is 3.57. The first-order valence-electron chi connectivity index (χ1n) is 6.77. The van der Waals surface area contributed by atoms with Gasteiger partial charge in [0.05, 0.1) is 15.9 Å². The lowest BCUT2D eigenvalue weighted by atomic mass is 10.1. The number of nitrogens with one attached hydrogen (secondary N) is 1. The van der Waals surface area contributed by atoms with Gasteiger partial charge in [0.2, 0.25) is 5.91 Å². The Morgan fingerprint density at radius 2 is 1.68 bits per heavy atom. The first-order valence-corrected chi connectivity index (χ1v) is 8.34. The van der Waals surface area contributed by atoms with E-state index in [2.05, 4.69) is 11.9 Å². The Balaban J connectivity index is 3.32. The topological polar surface area (TPSA) is 86.3 Å². The molecule has 0 radical (unpaired) electrons. The molecule has 112 valence electrons. The molecule has 1 amide bonds. The van der Waals surface area contributed by atoms with Gasteiger partial charge in [-0.3, -0.25) is 4.79 Å². The molecule has 0 aliphatic rings. The molecule has 0 aromatic rings. The van der Waals surface area contributed by atoms with E-state index in [1.165, 1.54) is 19.3 Å². The molecular weight excluding hydrogens is 266 g/mol. The van der Waals surface area contributed by atoms with Crippen molar-refractivity contribution in [3.63, 3.8) is 0 Å². The summed E-state index contributed by atoms with van der Waals surface area (Å²) in [7, 11) is -4.23. The van der Waals surface area contributed by atoms with Crippen molar-refractivity contribution in [2.45, 2.75) is 51.4 Å². The van der Waals surface area contributed by atoms with Crippen molar-refractivity contribution in [1.29, 1.82) is 0 Å². The fourth-order valence-electron chi connectivity index (χ4n) is 1.69. The van der Waals surface area contributed by atoms with Crippen LogP contribution in [-0.4, -0.2) is 31.2 Å². The summed E-state index contributed by atoms with van der Waals surface area (Å²) in [5.41, 5.74) is 0. The van der Waals surface area contributed by atoms with Crippen LogP contribution in [0, 0.1) is 0 Å². The summed E-state index contributed by atoms with van der Waals surface area (Å²) in [6, 6.07) is 0. The van der Waals surface area contributed by atoms with Crippen molar-refractivity contribution in [3.8, 4) is 0 Å². The SMILES string of the molecule is C=CCCCCCCCCC(=O)NCCS(=O)(=O)[O-]. The zero-order valence-corrected chi connectivity index (χ0v) is 12.2. The van der Waals surface area contributed by atoms with E-state index in [-0.39, 0.29) is 12.5 Å². The van der Waals surface area contributed by atoms with Gasteiger partial charge in [-0.1, -0.05) is 31.8 Å². The molecule has 0 aliphatic heterocycles. The zero-order valence-electron chi connectivity index (χ0n) is 11.4. The summed E-state index contributed by atoms with van der Waals surface area (Å²) >= 11 is 0. The predicted molar refractivity (Wildman–Crippen MR) is 74.7 cm³/mol. The van der Waals surface area contributed by atoms with Gasteiger partial charge < -0.3 is 9.87 Å². The summed E-state index contributed by atoms with van der Waals surface area (Å²) in [6.07, 6.45) is 9.83. The third-order valence-electron chi connectivity index (χ3n) is 2.74.